The fourth-order valence-electron chi connectivity index (χ4n) is 3.42. The van der Waals surface area contributed by atoms with Crippen molar-refractivity contribution in [3.63, 3.8) is 0 Å². The maximum atomic E-state index is 12.7. The first-order valence-electron chi connectivity index (χ1n) is 10.4. The first kappa shape index (κ1) is 28.2. The van der Waals surface area contributed by atoms with Crippen molar-refractivity contribution in [3.8, 4) is 11.5 Å². The summed E-state index contributed by atoms with van der Waals surface area (Å²) in [4.78, 5) is 22.2. The van der Waals surface area contributed by atoms with Crippen LogP contribution in [-0.2, 0) is 32.3 Å². The molecule has 1 aliphatic rings. The molecular weight excluding hydrogens is 558 g/mol. The van der Waals surface area contributed by atoms with Crippen LogP contribution in [0.5, 0.6) is 11.5 Å². The number of carbonyl (C=O) groups excluding carboxylic acids is 1. The monoisotopic (exact) mass is 576 g/mol. The fraction of sp³-hybridized carbons (Fsp3) is 0.0435. The van der Waals surface area contributed by atoms with Crippen LogP contribution in [0.4, 0.5) is 22.7 Å². The van der Waals surface area contributed by atoms with Gasteiger partial charge in [0, 0.05) is 52.8 Å². The van der Waals surface area contributed by atoms with Crippen LogP contribution in [-0.4, -0.2) is 39.6 Å². The second-order valence-electron chi connectivity index (χ2n) is 7.75. The van der Waals surface area contributed by atoms with Gasteiger partial charge in [-0.3, -0.25) is 24.9 Å². The third-order valence-electron chi connectivity index (χ3n) is 5.27. The van der Waals surface area contributed by atoms with Gasteiger partial charge in [0.2, 0.25) is 5.78 Å². The van der Waals surface area contributed by atoms with E-state index in [9.17, 15) is 38.1 Å². The summed E-state index contributed by atoms with van der Waals surface area (Å²) in [7, 11) is -4.90. The van der Waals surface area contributed by atoms with Crippen LogP contribution in [0.15, 0.2) is 76.0 Å². The topological polar surface area (TPSA) is 204 Å². The van der Waals surface area contributed by atoms with Crippen molar-refractivity contribution in [2.45, 2.75) is 6.92 Å². The molecule has 0 fully saturated rings. The maximum absolute atomic E-state index is 12.7. The third kappa shape index (κ3) is 5.76. The Bertz CT molecular complexity index is 1670. The van der Waals surface area contributed by atoms with E-state index in [0.717, 1.165) is 29.8 Å². The SMILES string of the molecule is Cc1ccccc1N=Nc1cc(N/N=C2\C(=O)C=C(S(=O)(=O)O)c3cc([N+](=O)[O-])ccc32)c(O)cc1O.[Cr].[H+]. The number of hydrazone groups is 1. The number of nitro groups is 1. The smallest absolute Gasteiger partial charge is 0.506 e. The molecule has 0 radical (unpaired) electrons. The first-order chi connectivity index (χ1) is 17.5. The normalized spacial score (nSPS) is 14.1. The summed E-state index contributed by atoms with van der Waals surface area (Å²) < 4.78 is 33.1. The van der Waals surface area contributed by atoms with Crippen molar-refractivity contribution >= 4 is 49.3 Å². The Morgan fingerprint density at radius 2 is 1.66 bits per heavy atom. The number of rotatable bonds is 6. The maximum Gasteiger partial charge on any atom is 1.00 e. The number of ketones is 1. The summed E-state index contributed by atoms with van der Waals surface area (Å²) in [5.41, 5.74) is 2.45. The molecule has 0 aliphatic heterocycles. The molecule has 15 heteroatoms. The zero-order valence-corrected chi connectivity index (χ0v) is 21.4. The van der Waals surface area contributed by atoms with Crippen molar-refractivity contribution in [2.75, 3.05) is 5.43 Å². The molecule has 0 heterocycles. The number of benzene rings is 3. The molecule has 0 aromatic heterocycles. The zero-order valence-electron chi connectivity index (χ0n) is 20.3. The van der Waals surface area contributed by atoms with E-state index < -0.39 is 37.2 Å². The van der Waals surface area contributed by atoms with Gasteiger partial charge < -0.3 is 10.2 Å². The number of anilines is 1. The number of non-ortho nitro benzene ring substituents is 1. The molecule has 38 heavy (non-hydrogen) atoms. The van der Waals surface area contributed by atoms with Gasteiger partial charge in [0.1, 0.15) is 33.5 Å². The van der Waals surface area contributed by atoms with E-state index in [1.807, 2.05) is 19.1 Å². The van der Waals surface area contributed by atoms with E-state index in [1.54, 1.807) is 12.1 Å². The standard InChI is InChI=1S/C23H17N5O8S.Cr/c1-12-4-2-3-5-16(12)24-25-17-9-18(20(30)10-19(17)29)26-27-23-14-7-6-13(28(32)33)8-15(14)22(11-21(23)31)37(34,35)36;/h2-11,26,29-30H,1H3,(H,34,35,36);/p+1/b25-24?,27-23-;. The number of nitrogens with zero attached hydrogens (tertiary/aromatic N) is 4. The Balaban J connectivity index is 0.00000267. The molecule has 1 aliphatic carbocycles. The van der Waals surface area contributed by atoms with E-state index in [-0.39, 0.29) is 52.8 Å². The number of fused-ring (bicyclic) bond motifs is 1. The summed E-state index contributed by atoms with van der Waals surface area (Å²) in [6.45, 7) is 1.82. The molecule has 3 aromatic carbocycles. The summed E-state index contributed by atoms with van der Waals surface area (Å²) in [5.74, 6) is -1.78. The van der Waals surface area contributed by atoms with Crippen molar-refractivity contribution in [1.82, 2.24) is 0 Å². The molecule has 0 spiro atoms. The number of phenolic OH excluding ortho intramolecular Hbond substituents is 2. The molecule has 0 atom stereocenters. The molecule has 0 bridgehead atoms. The van der Waals surface area contributed by atoms with Gasteiger partial charge in [0.05, 0.1) is 10.6 Å². The molecule has 194 valence electrons. The number of allylic oxidation sites excluding steroid dienone is 1. The summed E-state index contributed by atoms with van der Waals surface area (Å²) in [6.07, 6.45) is 0.584. The van der Waals surface area contributed by atoms with E-state index >= 15 is 0 Å². The van der Waals surface area contributed by atoms with Crippen molar-refractivity contribution in [2.24, 2.45) is 15.3 Å². The fourth-order valence-corrected chi connectivity index (χ4v) is 4.12. The molecule has 0 saturated carbocycles. The van der Waals surface area contributed by atoms with E-state index in [4.69, 9.17) is 0 Å². The molecule has 3 aromatic rings. The number of carbonyl (C=O) groups is 1. The van der Waals surface area contributed by atoms with Crippen molar-refractivity contribution in [3.05, 3.63) is 87.5 Å². The van der Waals surface area contributed by atoms with Crippen molar-refractivity contribution < 1.29 is 51.7 Å². The van der Waals surface area contributed by atoms with Gasteiger partial charge in [-0.1, -0.05) is 18.2 Å². The van der Waals surface area contributed by atoms with Gasteiger partial charge in [0.25, 0.3) is 15.8 Å². The van der Waals surface area contributed by atoms with Gasteiger partial charge >= 0.3 is 1.43 Å². The number of aryl methyl sites for hydroxylation is 1. The van der Waals surface area contributed by atoms with Gasteiger partial charge in [-0.2, -0.15) is 18.6 Å². The Kier molecular flexibility index (Phi) is 8.08. The zero-order chi connectivity index (χ0) is 26.9. The molecule has 0 unspecified atom stereocenters. The molecule has 0 amide bonds. The predicted molar refractivity (Wildman–Crippen MR) is 134 cm³/mol. The predicted octanol–water partition coefficient (Wildman–Crippen LogP) is 4.47. The van der Waals surface area contributed by atoms with Crippen molar-refractivity contribution in [1.29, 1.82) is 0 Å². The Labute approximate surface area is 227 Å². The Morgan fingerprint density at radius 1 is 0.974 bits per heavy atom. The average molecular weight is 576 g/mol. The number of nitrogens with one attached hydrogen (secondary N) is 1. The number of hydrogen-bond donors (Lipinski definition) is 4. The van der Waals surface area contributed by atoms with Crippen LogP contribution in [0.1, 0.15) is 18.1 Å². The van der Waals surface area contributed by atoms with E-state index in [1.165, 1.54) is 6.07 Å². The minimum absolute atomic E-state index is 0. The van der Waals surface area contributed by atoms with Crippen LogP contribution in [0.25, 0.3) is 4.91 Å². The van der Waals surface area contributed by atoms with E-state index in [0.29, 0.717) is 11.8 Å². The molecule has 0 saturated heterocycles. The number of nitro benzene ring substituents is 1. The van der Waals surface area contributed by atoms with Crippen LogP contribution in [0.3, 0.4) is 0 Å². The second-order valence-corrected chi connectivity index (χ2v) is 9.14. The summed E-state index contributed by atoms with van der Waals surface area (Å²) in [5, 5.41) is 43.6. The number of aromatic hydroxyl groups is 2. The second kappa shape index (κ2) is 10.9. The van der Waals surface area contributed by atoms with Gasteiger partial charge in [-0.25, -0.2) is 0 Å². The first-order valence-corrected chi connectivity index (χ1v) is 11.8. The molecule has 13 nitrogen and oxygen atoms in total. The average Bonchev–Trinajstić information content (AvgIpc) is 2.83. The Hall–Kier alpha value is -4.42. The summed E-state index contributed by atoms with van der Waals surface area (Å²) in [6, 6.07) is 12.3. The minimum Gasteiger partial charge on any atom is -0.506 e. The minimum atomic E-state index is -4.90. The number of hydrogen-bond acceptors (Lipinski definition) is 11. The quantitative estimate of drug-likeness (QED) is 0.0815. The van der Waals surface area contributed by atoms with Gasteiger partial charge in [-0.05, 0) is 30.7 Å². The van der Waals surface area contributed by atoms with E-state index in [2.05, 4.69) is 20.8 Å². The van der Waals surface area contributed by atoms with Crippen LogP contribution in [0, 0.1) is 17.0 Å². The number of phenols is 2. The van der Waals surface area contributed by atoms with Gasteiger partial charge in [0.15, 0.2) is 0 Å². The molecule has 4 rings (SSSR count). The largest absolute Gasteiger partial charge is 1.00 e. The summed E-state index contributed by atoms with van der Waals surface area (Å²) >= 11 is 0. The van der Waals surface area contributed by atoms with Crippen LogP contribution < -0.4 is 5.43 Å². The van der Waals surface area contributed by atoms with Crippen LogP contribution >= 0.6 is 0 Å². The number of azo groups is 1. The third-order valence-corrected chi connectivity index (χ3v) is 6.16. The molecule has 4 N–H and O–H groups in total. The molecular formula is C23H18CrN5O8S+. The van der Waals surface area contributed by atoms with Crippen LogP contribution in [0.2, 0.25) is 0 Å². The Morgan fingerprint density at radius 3 is 2.32 bits per heavy atom. The van der Waals surface area contributed by atoms with Gasteiger partial charge in [-0.15, -0.1) is 5.11 Å².